The summed E-state index contributed by atoms with van der Waals surface area (Å²) < 4.78 is 63.2. The van der Waals surface area contributed by atoms with Crippen LogP contribution in [0.25, 0.3) is 11.2 Å². The van der Waals surface area contributed by atoms with Crippen LogP contribution in [-0.4, -0.2) is 55.0 Å². The molecule has 14 nitrogen and oxygen atoms in total. The smallest absolute Gasteiger partial charge is 0.382 e. The van der Waals surface area contributed by atoms with Crippen molar-refractivity contribution in [2.75, 3.05) is 11.5 Å². The van der Waals surface area contributed by atoms with Crippen LogP contribution in [0.15, 0.2) is 6.33 Å². The highest BCUT2D eigenvalue weighted by Gasteiger charge is 2.03. The molecule has 0 unspecified atom stereocenters. The number of aromatic nitrogens is 4. The summed E-state index contributed by atoms with van der Waals surface area (Å²) in [5.41, 5.74) is 11.9. The summed E-state index contributed by atoms with van der Waals surface area (Å²) in [6, 6.07) is 0. The van der Waals surface area contributed by atoms with Crippen molar-refractivity contribution in [1.82, 2.24) is 19.9 Å². The quantitative estimate of drug-likeness (QED) is 0.260. The van der Waals surface area contributed by atoms with Gasteiger partial charge in [-0.1, -0.05) is 0 Å². The maximum Gasteiger partial charge on any atom is 0.394 e. The lowest BCUT2D eigenvalue weighted by atomic mass is 10.5. The first-order valence-electron chi connectivity index (χ1n) is 4.39. The van der Waals surface area contributed by atoms with Crippen molar-refractivity contribution < 1.29 is 35.0 Å². The van der Waals surface area contributed by atoms with Crippen molar-refractivity contribution in [3.63, 3.8) is 0 Å². The molecule has 0 aliphatic rings. The molecule has 2 aromatic heterocycles. The van der Waals surface area contributed by atoms with Gasteiger partial charge in [-0.2, -0.15) is 26.8 Å². The van der Waals surface area contributed by atoms with Crippen molar-refractivity contribution in [3.8, 4) is 0 Å². The third-order valence-corrected chi connectivity index (χ3v) is 1.33. The van der Waals surface area contributed by atoms with E-state index in [4.69, 9.17) is 46.5 Å². The van der Waals surface area contributed by atoms with Crippen LogP contribution in [0.5, 0.6) is 0 Å². The minimum absolute atomic E-state index is 0.141. The lowest BCUT2D eigenvalue weighted by Crippen LogP contribution is -1.99. The maximum atomic E-state index is 8.74. The number of nitrogens with two attached hydrogens (primary N) is 2. The number of hydrogen-bond donors (Lipinski definition) is 7. The van der Waals surface area contributed by atoms with Crippen LogP contribution >= 0.6 is 0 Å². The van der Waals surface area contributed by atoms with Gasteiger partial charge in [0.2, 0.25) is 5.95 Å². The number of nitrogens with zero attached hydrogens (tertiary/aromatic N) is 3. The molecule has 21 heavy (non-hydrogen) atoms. The van der Waals surface area contributed by atoms with E-state index in [-0.39, 0.29) is 5.95 Å². The average molecular weight is 346 g/mol. The molecule has 0 amide bonds. The Labute approximate surface area is 117 Å². The summed E-state index contributed by atoms with van der Waals surface area (Å²) in [7, 11) is -9.33. The fourth-order valence-corrected chi connectivity index (χ4v) is 0.873. The van der Waals surface area contributed by atoms with Crippen molar-refractivity contribution in [2.45, 2.75) is 0 Å². The molecule has 9 N–H and O–H groups in total. The van der Waals surface area contributed by atoms with Crippen LogP contribution in [-0.2, 0) is 20.8 Å². The van der Waals surface area contributed by atoms with Gasteiger partial charge in [0.05, 0.1) is 6.33 Å². The highest BCUT2D eigenvalue weighted by molar-refractivity contribution is 7.80. The van der Waals surface area contributed by atoms with Gasteiger partial charge in [-0.3, -0.25) is 18.2 Å². The Hall–Kier alpha value is -2.11. The van der Waals surface area contributed by atoms with E-state index in [1.165, 1.54) is 6.33 Å². The van der Waals surface area contributed by atoms with Gasteiger partial charge in [0.1, 0.15) is 5.52 Å². The van der Waals surface area contributed by atoms with Crippen LogP contribution in [0.1, 0.15) is 0 Å². The van der Waals surface area contributed by atoms with Crippen LogP contribution in [0.2, 0.25) is 0 Å². The highest BCUT2D eigenvalue weighted by Crippen LogP contribution is 2.12. The van der Waals surface area contributed by atoms with Gasteiger partial charge in [-0.25, -0.2) is 4.98 Å². The van der Waals surface area contributed by atoms with Crippen LogP contribution in [0.3, 0.4) is 0 Å². The van der Waals surface area contributed by atoms with E-state index < -0.39 is 20.8 Å². The molecule has 2 rings (SSSR count). The summed E-state index contributed by atoms with van der Waals surface area (Å²) in [5.74, 6) is 0.465. The molecule has 0 aliphatic heterocycles. The van der Waals surface area contributed by atoms with E-state index in [9.17, 15) is 0 Å². The Morgan fingerprint density at radius 1 is 0.952 bits per heavy atom. The molecule has 0 saturated carbocycles. The molecule has 2 heterocycles. The zero-order chi connectivity index (χ0) is 16.8. The minimum atomic E-state index is -4.67. The second kappa shape index (κ2) is 7.06. The molecule has 0 fully saturated rings. The average Bonchev–Trinajstić information content (AvgIpc) is 2.59. The Bertz CT molecular complexity index is 752. The second-order valence-electron chi connectivity index (χ2n) is 2.96. The van der Waals surface area contributed by atoms with E-state index in [0.717, 1.165) is 0 Å². The molecule has 0 spiro atoms. The molecule has 0 saturated heterocycles. The van der Waals surface area contributed by atoms with E-state index in [2.05, 4.69) is 19.9 Å². The van der Waals surface area contributed by atoms with Gasteiger partial charge in [-0.05, 0) is 0 Å². The van der Waals surface area contributed by atoms with E-state index in [1.54, 1.807) is 0 Å². The summed E-state index contributed by atoms with van der Waals surface area (Å²) in [4.78, 5) is 14.3. The largest absolute Gasteiger partial charge is 0.394 e. The number of imidazole rings is 1. The molecule has 0 aliphatic carbocycles. The lowest BCUT2D eigenvalue weighted by molar-refractivity contribution is 0.378. The first-order chi connectivity index (χ1) is 9.27. The zero-order valence-corrected chi connectivity index (χ0v) is 11.4. The third kappa shape index (κ3) is 11.4. The van der Waals surface area contributed by atoms with Gasteiger partial charge >= 0.3 is 20.8 Å². The number of H-pyrrole nitrogens is 1. The van der Waals surface area contributed by atoms with Crippen LogP contribution < -0.4 is 11.5 Å². The fraction of sp³-hybridized carbons (Fsp3) is 0. The fourth-order valence-electron chi connectivity index (χ4n) is 0.873. The standard InChI is InChI=1S/C5H6N6.2H2O4S/c6-3-2-4(9-1-8-2)11-5(7)10-3;2*1-5(2,3)4/h1H,(H5,6,7,8,9,10,11);2*(H2,1,2,3,4). The summed E-state index contributed by atoms with van der Waals surface area (Å²) in [6.45, 7) is 0. The van der Waals surface area contributed by atoms with Crippen molar-refractivity contribution >= 4 is 43.7 Å². The monoisotopic (exact) mass is 346 g/mol. The topological polar surface area (TPSA) is 256 Å². The summed E-state index contributed by atoms with van der Waals surface area (Å²) >= 11 is 0. The molecule has 120 valence electrons. The molecular weight excluding hydrogens is 336 g/mol. The molecule has 0 atom stereocenters. The van der Waals surface area contributed by atoms with Gasteiger partial charge in [-0.15, -0.1) is 0 Å². The predicted octanol–water partition coefficient (Wildman–Crippen LogP) is -1.79. The number of hydrogen-bond acceptors (Lipinski definition) is 9. The molecule has 16 heteroatoms. The molecule has 0 radical (unpaired) electrons. The number of nitrogen functional groups attached to an aromatic ring is 2. The predicted molar refractivity (Wildman–Crippen MR) is 68.9 cm³/mol. The van der Waals surface area contributed by atoms with E-state index >= 15 is 0 Å². The number of nitrogens with one attached hydrogen (secondary N) is 1. The number of rotatable bonds is 0. The summed E-state index contributed by atoms with van der Waals surface area (Å²) in [6.07, 6.45) is 1.50. The van der Waals surface area contributed by atoms with E-state index in [0.29, 0.717) is 17.0 Å². The molecule has 0 aromatic carbocycles. The first-order valence-corrected chi connectivity index (χ1v) is 7.18. The SMILES string of the molecule is Nc1nc(N)c2[nH]cnc2n1.O=S(=O)(O)O.O=S(=O)(O)O. The van der Waals surface area contributed by atoms with Gasteiger partial charge in [0.25, 0.3) is 0 Å². The van der Waals surface area contributed by atoms with Crippen molar-refractivity contribution in [1.29, 1.82) is 0 Å². The van der Waals surface area contributed by atoms with Gasteiger partial charge in [0, 0.05) is 0 Å². The molecular formula is C5H10N6O8S2. The molecule has 2 aromatic rings. The van der Waals surface area contributed by atoms with Gasteiger partial charge in [0.15, 0.2) is 11.5 Å². The Morgan fingerprint density at radius 3 is 1.81 bits per heavy atom. The highest BCUT2D eigenvalue weighted by atomic mass is 32.3. The Balaban J connectivity index is 0.000000340. The molecule has 0 bridgehead atoms. The zero-order valence-electron chi connectivity index (χ0n) is 9.81. The second-order valence-corrected chi connectivity index (χ2v) is 4.76. The van der Waals surface area contributed by atoms with Crippen LogP contribution in [0.4, 0.5) is 11.8 Å². The van der Waals surface area contributed by atoms with Crippen molar-refractivity contribution in [2.24, 2.45) is 0 Å². The first kappa shape index (κ1) is 18.9. The minimum Gasteiger partial charge on any atom is -0.382 e. The number of fused-ring (bicyclic) bond motifs is 1. The maximum absolute atomic E-state index is 8.74. The Kier molecular flexibility index (Phi) is 6.35. The van der Waals surface area contributed by atoms with Crippen LogP contribution in [0, 0.1) is 0 Å². The van der Waals surface area contributed by atoms with Gasteiger partial charge < -0.3 is 16.5 Å². The number of aromatic amines is 1. The Morgan fingerprint density at radius 2 is 1.38 bits per heavy atom. The summed E-state index contributed by atoms with van der Waals surface area (Å²) in [5, 5.41) is 0. The lowest BCUT2D eigenvalue weighted by Gasteiger charge is -1.94. The van der Waals surface area contributed by atoms with Crippen molar-refractivity contribution in [3.05, 3.63) is 6.33 Å². The number of anilines is 2. The normalized spacial score (nSPS) is 11.0. The van der Waals surface area contributed by atoms with E-state index in [1.807, 2.05) is 0 Å². The third-order valence-electron chi connectivity index (χ3n) is 1.33.